The monoisotopic (exact) mass is 270 g/mol. The number of hydrogen-bond acceptors (Lipinski definition) is 5. The fourth-order valence-corrected chi connectivity index (χ4v) is 2.16. The van der Waals surface area contributed by atoms with Gasteiger partial charge in [-0.25, -0.2) is 4.57 Å². The second kappa shape index (κ2) is 14.1. The molecule has 0 aromatic rings. The first-order valence-electron chi connectivity index (χ1n) is 6.24. The molecule has 0 aliphatic heterocycles. The standard InChI is InChI=1S/C9H21O4P.C2H6O/c1-4-7-11-14(10,12-8-5-2)13-9-6-3;1-2-3/h4-9H2,1-3H3;3H,2H2,1H3. The van der Waals surface area contributed by atoms with E-state index in [1.807, 2.05) is 20.8 Å². The summed E-state index contributed by atoms with van der Waals surface area (Å²) in [6.45, 7) is 9.00. The molecular formula is C11H27O5P. The molecule has 0 aliphatic carbocycles. The van der Waals surface area contributed by atoms with Crippen LogP contribution in [0.15, 0.2) is 0 Å². The lowest BCUT2D eigenvalue weighted by Crippen LogP contribution is -2.02. The molecule has 0 saturated carbocycles. The molecule has 17 heavy (non-hydrogen) atoms. The number of aliphatic hydroxyl groups excluding tert-OH is 1. The Morgan fingerprint density at radius 1 is 0.824 bits per heavy atom. The first-order chi connectivity index (χ1) is 8.10. The van der Waals surface area contributed by atoms with Gasteiger partial charge in [0.05, 0.1) is 19.8 Å². The van der Waals surface area contributed by atoms with Crippen LogP contribution in [0.1, 0.15) is 47.0 Å². The van der Waals surface area contributed by atoms with Gasteiger partial charge in [0.1, 0.15) is 0 Å². The summed E-state index contributed by atoms with van der Waals surface area (Å²) in [5.41, 5.74) is 0. The number of phosphoric acid groups is 1. The van der Waals surface area contributed by atoms with Crippen molar-refractivity contribution in [3.8, 4) is 0 Å². The normalized spacial score (nSPS) is 10.9. The molecule has 0 heterocycles. The zero-order chi connectivity index (χ0) is 13.6. The van der Waals surface area contributed by atoms with Crippen molar-refractivity contribution in [3.63, 3.8) is 0 Å². The van der Waals surface area contributed by atoms with E-state index in [0.29, 0.717) is 19.8 Å². The van der Waals surface area contributed by atoms with Crippen molar-refractivity contribution >= 4 is 7.82 Å². The summed E-state index contributed by atoms with van der Waals surface area (Å²) >= 11 is 0. The Hall–Kier alpha value is 0.0700. The number of hydrogen-bond donors (Lipinski definition) is 1. The van der Waals surface area contributed by atoms with Crippen LogP contribution in [0.4, 0.5) is 0 Å². The van der Waals surface area contributed by atoms with Gasteiger partial charge in [-0.3, -0.25) is 13.6 Å². The average Bonchev–Trinajstić information content (AvgIpc) is 2.33. The zero-order valence-electron chi connectivity index (χ0n) is 11.5. The van der Waals surface area contributed by atoms with Gasteiger partial charge in [0.25, 0.3) is 0 Å². The van der Waals surface area contributed by atoms with Crippen LogP contribution in [-0.2, 0) is 18.1 Å². The average molecular weight is 270 g/mol. The lowest BCUT2D eigenvalue weighted by Gasteiger charge is -2.16. The van der Waals surface area contributed by atoms with E-state index in [-0.39, 0.29) is 6.61 Å². The Bertz CT molecular complexity index is 158. The molecule has 0 rings (SSSR count). The summed E-state index contributed by atoms with van der Waals surface area (Å²) in [7, 11) is -3.27. The van der Waals surface area contributed by atoms with Crippen molar-refractivity contribution in [2.45, 2.75) is 47.0 Å². The van der Waals surface area contributed by atoms with Crippen LogP contribution in [0.5, 0.6) is 0 Å². The first-order valence-corrected chi connectivity index (χ1v) is 7.70. The predicted octanol–water partition coefficient (Wildman–Crippen LogP) is 3.37. The van der Waals surface area contributed by atoms with E-state index < -0.39 is 7.82 Å². The second-order valence-corrected chi connectivity index (χ2v) is 4.93. The number of rotatable bonds is 9. The minimum atomic E-state index is -3.27. The third kappa shape index (κ3) is 14.0. The van der Waals surface area contributed by atoms with Crippen LogP contribution < -0.4 is 0 Å². The molecule has 106 valence electrons. The molecule has 0 amide bonds. The fourth-order valence-electron chi connectivity index (χ4n) is 0.721. The van der Waals surface area contributed by atoms with E-state index in [0.717, 1.165) is 19.3 Å². The van der Waals surface area contributed by atoms with Crippen LogP contribution in [0.3, 0.4) is 0 Å². The van der Waals surface area contributed by atoms with Gasteiger partial charge in [0.15, 0.2) is 0 Å². The highest BCUT2D eigenvalue weighted by atomic mass is 31.2. The minimum Gasteiger partial charge on any atom is -0.397 e. The van der Waals surface area contributed by atoms with Crippen LogP contribution in [-0.4, -0.2) is 31.5 Å². The van der Waals surface area contributed by atoms with E-state index in [9.17, 15) is 4.57 Å². The largest absolute Gasteiger partial charge is 0.474 e. The van der Waals surface area contributed by atoms with Crippen LogP contribution >= 0.6 is 7.82 Å². The van der Waals surface area contributed by atoms with Gasteiger partial charge >= 0.3 is 7.82 Å². The molecular weight excluding hydrogens is 243 g/mol. The lowest BCUT2D eigenvalue weighted by molar-refractivity contribution is 0.113. The molecule has 0 aromatic heterocycles. The lowest BCUT2D eigenvalue weighted by atomic mass is 10.5. The van der Waals surface area contributed by atoms with Crippen molar-refractivity contribution in [2.24, 2.45) is 0 Å². The van der Waals surface area contributed by atoms with E-state index >= 15 is 0 Å². The van der Waals surface area contributed by atoms with Crippen molar-refractivity contribution in [1.29, 1.82) is 0 Å². The van der Waals surface area contributed by atoms with Gasteiger partial charge < -0.3 is 5.11 Å². The Balaban J connectivity index is 0. The van der Waals surface area contributed by atoms with Crippen molar-refractivity contribution < 1.29 is 23.2 Å². The van der Waals surface area contributed by atoms with Gasteiger partial charge in [-0.1, -0.05) is 20.8 Å². The maximum atomic E-state index is 11.8. The topological polar surface area (TPSA) is 65.0 Å². The third-order valence-corrected chi connectivity index (χ3v) is 2.86. The summed E-state index contributed by atoms with van der Waals surface area (Å²) in [5, 5.41) is 7.57. The molecule has 0 radical (unpaired) electrons. The summed E-state index contributed by atoms with van der Waals surface area (Å²) in [6.07, 6.45) is 2.40. The number of phosphoric ester groups is 1. The first kappa shape index (κ1) is 19.4. The highest BCUT2D eigenvalue weighted by molar-refractivity contribution is 7.48. The zero-order valence-corrected chi connectivity index (χ0v) is 12.4. The van der Waals surface area contributed by atoms with Crippen LogP contribution in [0.2, 0.25) is 0 Å². The molecule has 0 saturated heterocycles. The maximum Gasteiger partial charge on any atom is 0.474 e. The summed E-state index contributed by atoms with van der Waals surface area (Å²) in [6, 6.07) is 0. The molecule has 0 aliphatic rings. The third-order valence-electron chi connectivity index (χ3n) is 1.36. The summed E-state index contributed by atoms with van der Waals surface area (Å²) in [5.74, 6) is 0. The Labute approximate surface area is 105 Å². The maximum absolute atomic E-state index is 11.8. The smallest absolute Gasteiger partial charge is 0.397 e. The summed E-state index contributed by atoms with van der Waals surface area (Å²) in [4.78, 5) is 0. The molecule has 0 atom stereocenters. The minimum absolute atomic E-state index is 0.250. The highest BCUT2D eigenvalue weighted by Crippen LogP contribution is 2.49. The molecule has 0 bridgehead atoms. The van der Waals surface area contributed by atoms with Crippen LogP contribution in [0.25, 0.3) is 0 Å². The molecule has 0 spiro atoms. The van der Waals surface area contributed by atoms with E-state index in [4.69, 9.17) is 18.7 Å². The van der Waals surface area contributed by atoms with Gasteiger partial charge in [-0.15, -0.1) is 0 Å². The van der Waals surface area contributed by atoms with Gasteiger partial charge in [0, 0.05) is 6.61 Å². The molecule has 0 aromatic carbocycles. The Morgan fingerprint density at radius 3 is 1.24 bits per heavy atom. The number of aliphatic hydroxyl groups is 1. The van der Waals surface area contributed by atoms with Crippen molar-refractivity contribution in [1.82, 2.24) is 0 Å². The summed E-state index contributed by atoms with van der Waals surface area (Å²) < 4.78 is 27.1. The quantitative estimate of drug-likeness (QED) is 0.651. The Morgan fingerprint density at radius 2 is 1.06 bits per heavy atom. The van der Waals surface area contributed by atoms with Gasteiger partial charge in [-0.2, -0.15) is 0 Å². The molecule has 6 heteroatoms. The molecule has 5 nitrogen and oxygen atoms in total. The second-order valence-electron chi connectivity index (χ2n) is 3.26. The SMILES string of the molecule is CCCOP(=O)(OCCC)OCCC.CCO. The Kier molecular flexibility index (Phi) is 16.1. The van der Waals surface area contributed by atoms with Crippen molar-refractivity contribution in [3.05, 3.63) is 0 Å². The fraction of sp³-hybridized carbons (Fsp3) is 1.00. The molecule has 0 fully saturated rings. The van der Waals surface area contributed by atoms with E-state index in [1.54, 1.807) is 6.92 Å². The van der Waals surface area contributed by atoms with E-state index in [2.05, 4.69) is 0 Å². The van der Waals surface area contributed by atoms with E-state index in [1.165, 1.54) is 0 Å². The van der Waals surface area contributed by atoms with Crippen molar-refractivity contribution in [2.75, 3.05) is 26.4 Å². The predicted molar refractivity (Wildman–Crippen MR) is 69.1 cm³/mol. The highest BCUT2D eigenvalue weighted by Gasteiger charge is 2.25. The van der Waals surface area contributed by atoms with Crippen LogP contribution in [0, 0.1) is 0 Å². The van der Waals surface area contributed by atoms with Gasteiger partial charge in [0.2, 0.25) is 0 Å². The van der Waals surface area contributed by atoms with Gasteiger partial charge in [-0.05, 0) is 26.2 Å². The molecule has 0 unspecified atom stereocenters. The molecule has 1 N–H and O–H groups in total.